The molecule has 2 aromatic carbocycles. The van der Waals surface area contributed by atoms with Crippen LogP contribution in [0.25, 0.3) is 0 Å². The second-order valence-electron chi connectivity index (χ2n) is 8.86. The van der Waals surface area contributed by atoms with Crippen molar-refractivity contribution in [3.05, 3.63) is 77.6 Å². The highest BCUT2D eigenvalue weighted by Gasteiger charge is 2.13. The lowest BCUT2D eigenvalue weighted by atomic mass is 10.1. The van der Waals surface area contributed by atoms with E-state index >= 15 is 0 Å². The molecule has 3 aromatic rings. The van der Waals surface area contributed by atoms with Gasteiger partial charge in [0.15, 0.2) is 0 Å². The number of pyridine rings is 1. The number of aromatic nitrogens is 1. The predicted molar refractivity (Wildman–Crippen MR) is 135 cm³/mol. The van der Waals surface area contributed by atoms with E-state index in [9.17, 15) is 4.79 Å². The molecule has 0 aliphatic heterocycles. The van der Waals surface area contributed by atoms with E-state index in [1.165, 1.54) is 0 Å². The number of ether oxygens (including phenoxy) is 3. The molecule has 34 heavy (non-hydrogen) atoms. The molecule has 0 fully saturated rings. The van der Waals surface area contributed by atoms with Crippen LogP contribution in [0.5, 0.6) is 17.2 Å². The van der Waals surface area contributed by atoms with Crippen LogP contribution in [0.1, 0.15) is 56.4 Å². The largest absolute Gasteiger partial charge is 0.491 e. The number of rotatable bonds is 10. The minimum absolute atomic E-state index is 0.0671. The first kappa shape index (κ1) is 25.2. The average Bonchev–Trinajstić information content (AvgIpc) is 2.74. The van der Waals surface area contributed by atoms with E-state index in [-0.39, 0.29) is 24.2 Å². The molecule has 0 bridgehead atoms. The number of amides is 1. The van der Waals surface area contributed by atoms with Gasteiger partial charge in [0.1, 0.15) is 17.2 Å². The molecular weight excluding hydrogens is 428 g/mol. The van der Waals surface area contributed by atoms with E-state index in [0.29, 0.717) is 34.9 Å². The van der Waals surface area contributed by atoms with E-state index in [1.54, 1.807) is 0 Å². The summed E-state index contributed by atoms with van der Waals surface area (Å²) in [6, 6.07) is 18.5. The minimum Gasteiger partial charge on any atom is -0.491 e. The fourth-order valence-corrected chi connectivity index (χ4v) is 3.60. The quantitative estimate of drug-likeness (QED) is 0.369. The van der Waals surface area contributed by atoms with Crippen molar-refractivity contribution in [2.75, 3.05) is 5.32 Å². The van der Waals surface area contributed by atoms with Gasteiger partial charge in [-0.1, -0.05) is 6.07 Å². The summed E-state index contributed by atoms with van der Waals surface area (Å²) >= 11 is 0. The highest BCUT2D eigenvalue weighted by Crippen LogP contribution is 2.27. The third-order valence-electron chi connectivity index (χ3n) is 4.91. The number of hydrogen-bond donors (Lipinski definition) is 1. The lowest BCUT2D eigenvalue weighted by Gasteiger charge is -2.16. The first-order chi connectivity index (χ1) is 16.2. The van der Waals surface area contributed by atoms with Gasteiger partial charge >= 0.3 is 0 Å². The van der Waals surface area contributed by atoms with Gasteiger partial charge in [0.05, 0.1) is 29.6 Å². The summed E-state index contributed by atoms with van der Waals surface area (Å²) < 4.78 is 17.4. The van der Waals surface area contributed by atoms with Crippen LogP contribution in [0.2, 0.25) is 0 Å². The number of nitrogens with one attached hydrogen (secondary N) is 1. The summed E-state index contributed by atoms with van der Waals surface area (Å²) in [5, 5.41) is 2.93. The molecule has 0 aliphatic rings. The van der Waals surface area contributed by atoms with Gasteiger partial charge < -0.3 is 19.5 Å². The molecule has 0 spiro atoms. The molecule has 1 amide bonds. The number of anilines is 1. The second kappa shape index (κ2) is 11.7. The van der Waals surface area contributed by atoms with E-state index < -0.39 is 0 Å². The third-order valence-corrected chi connectivity index (χ3v) is 4.91. The molecule has 1 unspecified atom stereocenters. The van der Waals surface area contributed by atoms with Crippen LogP contribution in [0.3, 0.4) is 0 Å². The zero-order valence-electron chi connectivity index (χ0n) is 20.8. The number of carbonyl (C=O) groups excluding carboxylic acids is 1. The summed E-state index contributed by atoms with van der Waals surface area (Å²) in [5.74, 6) is 1.91. The summed E-state index contributed by atoms with van der Waals surface area (Å²) in [5.41, 5.74) is 2.82. The average molecular weight is 463 g/mol. The van der Waals surface area contributed by atoms with Gasteiger partial charge in [0.25, 0.3) is 5.91 Å². The first-order valence-electron chi connectivity index (χ1n) is 11.7. The van der Waals surface area contributed by atoms with Crippen molar-refractivity contribution < 1.29 is 19.0 Å². The molecular formula is C28H34N2O4. The van der Waals surface area contributed by atoms with Crippen LogP contribution in [-0.4, -0.2) is 29.2 Å². The maximum absolute atomic E-state index is 12.8. The zero-order valence-corrected chi connectivity index (χ0v) is 20.8. The maximum atomic E-state index is 12.8. The molecule has 6 heteroatoms. The first-order valence-corrected chi connectivity index (χ1v) is 11.7. The van der Waals surface area contributed by atoms with Gasteiger partial charge in [0.2, 0.25) is 0 Å². The molecule has 1 N–H and O–H groups in total. The van der Waals surface area contributed by atoms with E-state index in [2.05, 4.69) is 10.3 Å². The Kier molecular flexibility index (Phi) is 8.66. The fourth-order valence-electron chi connectivity index (χ4n) is 3.60. The van der Waals surface area contributed by atoms with Crippen molar-refractivity contribution in [3.8, 4) is 17.2 Å². The number of hydrogen-bond acceptors (Lipinski definition) is 5. The topological polar surface area (TPSA) is 69.7 Å². The van der Waals surface area contributed by atoms with Gasteiger partial charge in [-0.05, 0) is 90.1 Å². The van der Waals surface area contributed by atoms with Crippen molar-refractivity contribution in [2.45, 2.75) is 66.3 Å². The number of carbonyl (C=O) groups is 1. The number of nitrogens with zero attached hydrogens (tertiary/aromatic N) is 1. The van der Waals surface area contributed by atoms with E-state index in [4.69, 9.17) is 14.2 Å². The summed E-state index contributed by atoms with van der Waals surface area (Å²) in [6.45, 7) is 11.9. The summed E-state index contributed by atoms with van der Waals surface area (Å²) in [4.78, 5) is 17.4. The number of benzene rings is 2. The van der Waals surface area contributed by atoms with Gasteiger partial charge in [-0.3, -0.25) is 9.78 Å². The Hall–Kier alpha value is -3.38. The van der Waals surface area contributed by atoms with Crippen LogP contribution < -0.4 is 14.8 Å². The monoisotopic (exact) mass is 462 g/mol. The Balaban J connectivity index is 1.60. The molecule has 3 rings (SSSR count). The smallest absolute Gasteiger partial charge is 0.257 e. The Morgan fingerprint density at radius 3 is 2.24 bits per heavy atom. The standard InChI is InChI=1S/C28H34N2O4/c1-18(2)32-20(5)16-23-12-15-27(21(6)29-23)28(31)30-22-10-13-24(14-11-22)34-26-9-7-8-25(17-26)33-19(3)4/h7-15,17-20H,16H2,1-6H3,(H,30,31). The SMILES string of the molecule is Cc1nc(CC(C)OC(C)C)ccc1C(=O)Nc1ccc(Oc2cccc(OC(C)C)c2)cc1. The molecule has 0 aliphatic carbocycles. The minimum atomic E-state index is -0.199. The van der Waals surface area contributed by atoms with Crippen LogP contribution in [0.4, 0.5) is 5.69 Å². The number of aryl methyl sites for hydroxylation is 1. The molecule has 0 radical (unpaired) electrons. The Labute approximate surface area is 202 Å². The van der Waals surface area contributed by atoms with Gasteiger partial charge in [-0.25, -0.2) is 0 Å². The van der Waals surface area contributed by atoms with Crippen LogP contribution in [0.15, 0.2) is 60.7 Å². The summed E-state index contributed by atoms with van der Waals surface area (Å²) in [7, 11) is 0. The van der Waals surface area contributed by atoms with Crippen molar-refractivity contribution in [2.24, 2.45) is 0 Å². The molecule has 1 heterocycles. The van der Waals surface area contributed by atoms with Crippen LogP contribution in [-0.2, 0) is 11.2 Å². The summed E-state index contributed by atoms with van der Waals surface area (Å²) in [6.07, 6.45) is 1.03. The molecule has 0 saturated carbocycles. The van der Waals surface area contributed by atoms with Gasteiger partial charge in [0, 0.05) is 23.9 Å². The highest BCUT2D eigenvalue weighted by atomic mass is 16.5. The normalized spacial score (nSPS) is 12.0. The van der Waals surface area contributed by atoms with Crippen molar-refractivity contribution in [1.82, 2.24) is 4.98 Å². The van der Waals surface area contributed by atoms with Gasteiger partial charge in [-0.2, -0.15) is 0 Å². The van der Waals surface area contributed by atoms with Gasteiger partial charge in [-0.15, -0.1) is 0 Å². The Morgan fingerprint density at radius 1 is 0.882 bits per heavy atom. The molecule has 1 aromatic heterocycles. The van der Waals surface area contributed by atoms with E-state index in [0.717, 1.165) is 11.4 Å². The van der Waals surface area contributed by atoms with Crippen molar-refractivity contribution >= 4 is 11.6 Å². The van der Waals surface area contributed by atoms with Crippen molar-refractivity contribution in [3.63, 3.8) is 0 Å². The fraction of sp³-hybridized carbons (Fsp3) is 0.357. The predicted octanol–water partition coefficient (Wildman–Crippen LogP) is 6.58. The molecule has 0 saturated heterocycles. The van der Waals surface area contributed by atoms with Crippen LogP contribution >= 0.6 is 0 Å². The zero-order chi connectivity index (χ0) is 24.7. The lowest BCUT2D eigenvalue weighted by Crippen LogP contribution is -2.18. The highest BCUT2D eigenvalue weighted by molar-refractivity contribution is 6.05. The Bertz CT molecular complexity index is 1090. The maximum Gasteiger partial charge on any atom is 0.257 e. The molecule has 180 valence electrons. The molecule has 1 atom stereocenters. The van der Waals surface area contributed by atoms with Crippen molar-refractivity contribution in [1.29, 1.82) is 0 Å². The van der Waals surface area contributed by atoms with Crippen LogP contribution in [0, 0.1) is 6.92 Å². The molecule has 6 nitrogen and oxygen atoms in total. The third kappa shape index (κ3) is 7.59. The second-order valence-corrected chi connectivity index (χ2v) is 8.86. The Morgan fingerprint density at radius 2 is 1.59 bits per heavy atom. The lowest BCUT2D eigenvalue weighted by molar-refractivity contribution is 0.0190. The van der Waals surface area contributed by atoms with E-state index in [1.807, 2.05) is 102 Å².